The minimum atomic E-state index is -0.710. The summed E-state index contributed by atoms with van der Waals surface area (Å²) in [4.78, 5) is 36.3. The van der Waals surface area contributed by atoms with Crippen LogP contribution in [0.25, 0.3) is 0 Å². The molecule has 0 aliphatic rings. The predicted octanol–water partition coefficient (Wildman–Crippen LogP) is 3.71. The van der Waals surface area contributed by atoms with E-state index in [0.29, 0.717) is 4.67 Å². The van der Waals surface area contributed by atoms with Crippen molar-refractivity contribution >= 4 is 50.1 Å². The lowest BCUT2D eigenvalue weighted by molar-refractivity contribution is 0.0481. The fourth-order valence-electron chi connectivity index (χ4n) is 1.82. The number of amides is 1. The molecule has 0 bridgehead atoms. The van der Waals surface area contributed by atoms with Crippen molar-refractivity contribution in [3.63, 3.8) is 0 Å². The maximum absolute atomic E-state index is 12.2. The highest BCUT2D eigenvalue weighted by atomic mass is 79.9. The molecule has 24 heavy (non-hydrogen) atoms. The first-order valence-corrected chi connectivity index (χ1v) is 8.67. The lowest BCUT2D eigenvalue weighted by Crippen LogP contribution is -2.16. The molecule has 0 unspecified atom stereocenters. The molecule has 1 amide bonds. The van der Waals surface area contributed by atoms with Crippen LogP contribution in [0.3, 0.4) is 0 Å². The van der Waals surface area contributed by atoms with Crippen LogP contribution in [0.5, 0.6) is 0 Å². The van der Waals surface area contributed by atoms with Gasteiger partial charge < -0.3 is 19.2 Å². The van der Waals surface area contributed by atoms with E-state index in [1.165, 1.54) is 11.4 Å². The van der Waals surface area contributed by atoms with Crippen LogP contribution in [0, 0.1) is 0 Å². The Morgan fingerprint density at radius 3 is 2.42 bits per heavy atom. The fourth-order valence-corrected chi connectivity index (χ4v) is 3.04. The summed E-state index contributed by atoms with van der Waals surface area (Å²) in [6, 6.07) is 3.04. The van der Waals surface area contributed by atoms with Crippen molar-refractivity contribution in [3.05, 3.63) is 39.1 Å². The number of esters is 2. The number of thiophene rings is 1. The van der Waals surface area contributed by atoms with Gasteiger partial charge in [0.05, 0.1) is 18.8 Å². The van der Waals surface area contributed by atoms with E-state index in [9.17, 15) is 14.4 Å². The third-order valence-corrected chi connectivity index (χ3v) is 4.11. The van der Waals surface area contributed by atoms with E-state index in [2.05, 4.69) is 21.2 Å². The molecule has 2 heterocycles. The largest absolute Gasteiger partial charge is 0.462 e. The zero-order valence-corrected chi connectivity index (χ0v) is 15.3. The summed E-state index contributed by atoms with van der Waals surface area (Å²) in [5.74, 6) is -1.86. The Kier molecular flexibility index (Phi) is 6.16. The maximum Gasteiger partial charge on any atom is 0.342 e. The van der Waals surface area contributed by atoms with Crippen LogP contribution in [-0.2, 0) is 9.47 Å². The van der Waals surface area contributed by atoms with Gasteiger partial charge in [-0.25, -0.2) is 9.59 Å². The highest BCUT2D eigenvalue weighted by molar-refractivity contribution is 9.10. The van der Waals surface area contributed by atoms with Gasteiger partial charge >= 0.3 is 11.9 Å². The zero-order valence-electron chi connectivity index (χ0n) is 12.9. The molecule has 0 aromatic carbocycles. The first kappa shape index (κ1) is 18.2. The Balaban J connectivity index is 2.33. The van der Waals surface area contributed by atoms with E-state index >= 15 is 0 Å². The van der Waals surface area contributed by atoms with Crippen LogP contribution < -0.4 is 5.32 Å². The van der Waals surface area contributed by atoms with Gasteiger partial charge in [-0.1, -0.05) is 0 Å². The number of hydrogen-bond acceptors (Lipinski definition) is 7. The molecule has 0 atom stereocenters. The van der Waals surface area contributed by atoms with Gasteiger partial charge in [0.15, 0.2) is 10.4 Å². The summed E-state index contributed by atoms with van der Waals surface area (Å²) >= 11 is 4.13. The summed E-state index contributed by atoms with van der Waals surface area (Å²) in [5, 5.41) is 4.18. The van der Waals surface area contributed by atoms with Crippen molar-refractivity contribution in [2.45, 2.75) is 13.8 Å². The molecule has 0 aliphatic carbocycles. The van der Waals surface area contributed by atoms with E-state index in [0.717, 1.165) is 11.3 Å². The van der Waals surface area contributed by atoms with Crippen molar-refractivity contribution in [1.82, 2.24) is 0 Å². The number of halogens is 1. The number of nitrogens with one attached hydrogen (secondary N) is 1. The summed E-state index contributed by atoms with van der Waals surface area (Å²) < 4.78 is 15.5. The SMILES string of the molecule is CCOC(=O)c1csc(NC(=O)c2ccc(Br)o2)c1C(=O)OCC. The quantitative estimate of drug-likeness (QED) is 0.722. The Bertz CT molecular complexity index is 766. The fraction of sp³-hybridized carbons (Fsp3) is 0.267. The van der Waals surface area contributed by atoms with Gasteiger partial charge in [0.2, 0.25) is 0 Å². The van der Waals surface area contributed by atoms with Crippen LogP contribution in [-0.4, -0.2) is 31.1 Å². The van der Waals surface area contributed by atoms with Crippen LogP contribution >= 0.6 is 27.3 Å². The minimum Gasteiger partial charge on any atom is -0.462 e. The van der Waals surface area contributed by atoms with Gasteiger partial charge in [0.25, 0.3) is 5.91 Å². The molecular weight excluding hydrogens is 402 g/mol. The lowest BCUT2D eigenvalue weighted by Gasteiger charge is -2.07. The molecule has 0 radical (unpaired) electrons. The highest BCUT2D eigenvalue weighted by Gasteiger charge is 2.27. The number of hydrogen-bond donors (Lipinski definition) is 1. The minimum absolute atomic E-state index is 0.0285. The Morgan fingerprint density at radius 1 is 1.17 bits per heavy atom. The molecule has 0 spiro atoms. The molecule has 0 saturated carbocycles. The standard InChI is InChI=1S/C15H14BrNO6S/c1-3-21-14(19)8-7-24-13(11(8)15(20)22-4-2)17-12(18)9-5-6-10(16)23-9/h5-7H,3-4H2,1-2H3,(H,17,18). The average Bonchev–Trinajstić information content (AvgIpc) is 3.14. The number of furan rings is 1. The Labute approximate surface area is 150 Å². The molecule has 128 valence electrons. The van der Waals surface area contributed by atoms with Crippen LogP contribution in [0.15, 0.2) is 26.6 Å². The van der Waals surface area contributed by atoms with E-state index in [1.54, 1.807) is 19.9 Å². The summed E-state index contributed by atoms with van der Waals surface area (Å²) in [6.45, 7) is 3.60. The molecular formula is C15H14BrNO6S. The molecule has 9 heteroatoms. The van der Waals surface area contributed by atoms with Crippen LogP contribution in [0.4, 0.5) is 5.00 Å². The predicted molar refractivity (Wildman–Crippen MR) is 90.6 cm³/mol. The van der Waals surface area contributed by atoms with Crippen molar-refractivity contribution in [2.75, 3.05) is 18.5 Å². The van der Waals surface area contributed by atoms with Crippen molar-refractivity contribution in [2.24, 2.45) is 0 Å². The first-order valence-electron chi connectivity index (χ1n) is 7.00. The molecule has 2 rings (SSSR count). The second-order valence-corrected chi connectivity index (χ2v) is 6.01. The van der Waals surface area contributed by atoms with Gasteiger partial charge in [-0.3, -0.25) is 4.79 Å². The molecule has 0 aliphatic heterocycles. The normalized spacial score (nSPS) is 10.3. The summed E-state index contributed by atoms with van der Waals surface area (Å²) in [5.41, 5.74) is 0.0236. The van der Waals surface area contributed by atoms with Gasteiger partial charge in [-0.15, -0.1) is 11.3 Å². The Hall–Kier alpha value is -2.13. The van der Waals surface area contributed by atoms with Gasteiger partial charge in [-0.05, 0) is 41.9 Å². The smallest absolute Gasteiger partial charge is 0.342 e. The summed E-state index contributed by atoms with van der Waals surface area (Å²) in [6.07, 6.45) is 0. The van der Waals surface area contributed by atoms with E-state index in [-0.39, 0.29) is 35.1 Å². The van der Waals surface area contributed by atoms with Crippen LogP contribution in [0.1, 0.15) is 45.1 Å². The number of carbonyl (C=O) groups excluding carboxylic acids is 3. The molecule has 2 aromatic heterocycles. The maximum atomic E-state index is 12.2. The molecule has 0 fully saturated rings. The van der Waals surface area contributed by atoms with Crippen molar-refractivity contribution in [3.8, 4) is 0 Å². The lowest BCUT2D eigenvalue weighted by atomic mass is 10.2. The number of anilines is 1. The third kappa shape index (κ3) is 4.04. The second-order valence-electron chi connectivity index (χ2n) is 4.35. The molecule has 0 saturated heterocycles. The first-order chi connectivity index (χ1) is 11.5. The molecule has 7 nitrogen and oxygen atoms in total. The number of rotatable bonds is 6. The highest BCUT2D eigenvalue weighted by Crippen LogP contribution is 2.30. The van der Waals surface area contributed by atoms with Crippen molar-refractivity contribution in [1.29, 1.82) is 0 Å². The van der Waals surface area contributed by atoms with Crippen LogP contribution in [0.2, 0.25) is 0 Å². The van der Waals surface area contributed by atoms with Gasteiger partial charge in [-0.2, -0.15) is 0 Å². The number of carbonyl (C=O) groups is 3. The zero-order chi connectivity index (χ0) is 17.7. The average molecular weight is 416 g/mol. The molecule has 1 N–H and O–H groups in total. The molecule has 2 aromatic rings. The third-order valence-electron chi connectivity index (χ3n) is 2.79. The van der Waals surface area contributed by atoms with Gasteiger partial charge in [0, 0.05) is 5.38 Å². The monoisotopic (exact) mass is 415 g/mol. The second kappa shape index (κ2) is 8.11. The van der Waals surface area contributed by atoms with Gasteiger partial charge in [0.1, 0.15) is 10.6 Å². The van der Waals surface area contributed by atoms with E-state index < -0.39 is 17.8 Å². The Morgan fingerprint density at radius 2 is 1.83 bits per heavy atom. The van der Waals surface area contributed by atoms with E-state index in [1.807, 2.05) is 0 Å². The topological polar surface area (TPSA) is 94.8 Å². The van der Waals surface area contributed by atoms with E-state index in [4.69, 9.17) is 13.9 Å². The number of ether oxygens (including phenoxy) is 2. The summed E-state index contributed by atoms with van der Waals surface area (Å²) in [7, 11) is 0. The van der Waals surface area contributed by atoms with Crippen molar-refractivity contribution < 1.29 is 28.3 Å².